The van der Waals surface area contributed by atoms with Crippen molar-refractivity contribution in [2.75, 3.05) is 13.1 Å². The summed E-state index contributed by atoms with van der Waals surface area (Å²) < 4.78 is 52.0. The normalized spacial score (nSPS) is 22.5. The minimum atomic E-state index is -4.51. The van der Waals surface area contributed by atoms with Gasteiger partial charge in [0.25, 0.3) is 0 Å². The van der Waals surface area contributed by atoms with E-state index in [4.69, 9.17) is 0 Å². The van der Waals surface area contributed by atoms with E-state index in [-0.39, 0.29) is 24.6 Å². The van der Waals surface area contributed by atoms with Gasteiger partial charge in [-0.05, 0) is 43.9 Å². The zero-order chi connectivity index (χ0) is 22.9. The van der Waals surface area contributed by atoms with Gasteiger partial charge in [-0.25, -0.2) is 14.4 Å². The number of hydrogen-bond donors (Lipinski definition) is 1. The highest BCUT2D eigenvalue weighted by atomic mass is 19.4. The lowest BCUT2D eigenvalue weighted by Crippen LogP contribution is -2.55. The molecule has 3 heterocycles. The Morgan fingerprint density at radius 1 is 1.09 bits per heavy atom. The van der Waals surface area contributed by atoms with Crippen LogP contribution in [0.1, 0.15) is 37.4 Å². The van der Waals surface area contributed by atoms with Crippen molar-refractivity contribution in [3.8, 4) is 11.3 Å². The Kier molecular flexibility index (Phi) is 6.12. The van der Waals surface area contributed by atoms with E-state index in [1.54, 1.807) is 24.4 Å². The smallest absolute Gasteiger partial charge is 0.344 e. The van der Waals surface area contributed by atoms with Crippen LogP contribution in [0.3, 0.4) is 0 Å². The molecule has 2 aliphatic heterocycles. The Morgan fingerprint density at radius 3 is 2.50 bits per heavy atom. The minimum Gasteiger partial charge on any atom is -0.344 e. The third-order valence-corrected chi connectivity index (χ3v) is 6.04. The summed E-state index contributed by atoms with van der Waals surface area (Å²) >= 11 is 0. The second kappa shape index (κ2) is 8.84. The molecule has 1 aromatic carbocycles. The topological polar surface area (TPSA) is 75.2 Å². The summed E-state index contributed by atoms with van der Waals surface area (Å²) in [5, 5.41) is 1.93. The van der Waals surface area contributed by atoms with Crippen molar-refractivity contribution in [1.29, 1.82) is 0 Å². The third-order valence-electron chi connectivity index (χ3n) is 6.04. The number of piperidine rings is 2. The van der Waals surface area contributed by atoms with Crippen LogP contribution in [0, 0.1) is 11.7 Å². The first-order valence-corrected chi connectivity index (χ1v) is 10.5. The monoisotopic (exact) mass is 450 g/mol. The fourth-order valence-corrected chi connectivity index (χ4v) is 4.25. The Bertz CT molecular complexity index is 1010. The van der Waals surface area contributed by atoms with E-state index >= 15 is 0 Å². The number of likely N-dealkylation sites (tertiary alicyclic amines) is 1. The molecule has 2 atom stereocenters. The molecule has 0 spiro atoms. The number of nitrogens with zero attached hydrogens (tertiary/aromatic N) is 3. The molecule has 2 unspecified atom stereocenters. The van der Waals surface area contributed by atoms with Gasteiger partial charge in [0.05, 0.1) is 5.69 Å². The van der Waals surface area contributed by atoms with E-state index in [2.05, 4.69) is 9.97 Å². The Hall–Kier alpha value is -3.04. The summed E-state index contributed by atoms with van der Waals surface area (Å²) in [7, 11) is 0. The Labute approximate surface area is 182 Å². The zero-order valence-corrected chi connectivity index (χ0v) is 17.1. The maximum atomic E-state index is 13.5. The van der Waals surface area contributed by atoms with Crippen LogP contribution < -0.4 is 5.32 Å². The van der Waals surface area contributed by atoms with Gasteiger partial charge < -0.3 is 10.2 Å². The van der Waals surface area contributed by atoms with Gasteiger partial charge in [-0.3, -0.25) is 9.59 Å². The zero-order valence-electron chi connectivity index (χ0n) is 17.1. The number of rotatable bonds is 3. The number of amides is 2. The molecule has 10 heteroatoms. The molecule has 6 nitrogen and oxygen atoms in total. The molecule has 0 aliphatic carbocycles. The molecule has 2 aliphatic rings. The molecule has 2 amide bonds. The summed E-state index contributed by atoms with van der Waals surface area (Å²) in [6, 6.07) is 5.92. The van der Waals surface area contributed by atoms with Crippen LogP contribution >= 0.6 is 0 Å². The van der Waals surface area contributed by atoms with Gasteiger partial charge in [0, 0.05) is 30.8 Å². The van der Waals surface area contributed by atoms with Crippen LogP contribution in [-0.2, 0) is 9.59 Å². The van der Waals surface area contributed by atoms with Crippen LogP contribution in [0.4, 0.5) is 17.6 Å². The van der Waals surface area contributed by atoms with Crippen LogP contribution in [0.5, 0.6) is 0 Å². The Morgan fingerprint density at radius 2 is 1.84 bits per heavy atom. The number of carbonyl (C=O) groups excluding carboxylic acids is 2. The van der Waals surface area contributed by atoms with Crippen molar-refractivity contribution in [2.24, 2.45) is 5.92 Å². The molecule has 2 fully saturated rings. The van der Waals surface area contributed by atoms with Gasteiger partial charge in [0.15, 0.2) is 0 Å². The SMILES string of the molecule is O=C1NC(C(F)(F)F)CCC1C(=O)N1CCC(c2nccc(-c3cccc(F)c3)n2)CC1. The van der Waals surface area contributed by atoms with Gasteiger partial charge >= 0.3 is 6.18 Å². The quantitative estimate of drug-likeness (QED) is 0.574. The van der Waals surface area contributed by atoms with E-state index in [0.717, 1.165) is 0 Å². The van der Waals surface area contributed by atoms with Gasteiger partial charge in [0.1, 0.15) is 23.6 Å². The standard InChI is InChI=1S/C22H22F4N4O2/c23-15-3-1-2-14(12-15)17-6-9-27-19(28-17)13-7-10-30(11-8-13)21(32)16-4-5-18(22(24,25)26)29-20(16)31/h1-3,6,9,12-13,16,18H,4-5,7-8,10-11H2,(H,29,31). The molecule has 32 heavy (non-hydrogen) atoms. The highest BCUT2D eigenvalue weighted by molar-refractivity contribution is 6.01. The lowest BCUT2D eigenvalue weighted by atomic mass is 9.90. The van der Waals surface area contributed by atoms with E-state index in [9.17, 15) is 27.2 Å². The average molecular weight is 450 g/mol. The van der Waals surface area contributed by atoms with E-state index in [1.165, 1.54) is 17.0 Å². The maximum Gasteiger partial charge on any atom is 0.408 e. The number of alkyl halides is 3. The second-order valence-corrected chi connectivity index (χ2v) is 8.14. The molecule has 1 aromatic heterocycles. The van der Waals surface area contributed by atoms with E-state index in [0.29, 0.717) is 43.0 Å². The van der Waals surface area contributed by atoms with E-state index < -0.39 is 30.0 Å². The minimum absolute atomic E-state index is 0.0117. The van der Waals surface area contributed by atoms with Crippen molar-refractivity contribution in [1.82, 2.24) is 20.2 Å². The second-order valence-electron chi connectivity index (χ2n) is 8.14. The average Bonchev–Trinajstić information content (AvgIpc) is 2.78. The van der Waals surface area contributed by atoms with Gasteiger partial charge in [-0.2, -0.15) is 13.2 Å². The first kappa shape index (κ1) is 22.2. The number of aromatic nitrogens is 2. The van der Waals surface area contributed by atoms with Crippen molar-refractivity contribution in [3.63, 3.8) is 0 Å². The first-order valence-electron chi connectivity index (χ1n) is 10.5. The fraction of sp³-hybridized carbons (Fsp3) is 0.455. The molecule has 1 N–H and O–H groups in total. The predicted octanol–water partition coefficient (Wildman–Crippen LogP) is 3.45. The highest BCUT2D eigenvalue weighted by Gasteiger charge is 2.46. The first-order chi connectivity index (χ1) is 15.2. The molecule has 4 rings (SSSR count). The van der Waals surface area contributed by atoms with Gasteiger partial charge in [-0.15, -0.1) is 0 Å². The number of nitrogens with one attached hydrogen (secondary N) is 1. The predicted molar refractivity (Wildman–Crippen MR) is 107 cm³/mol. The number of hydrogen-bond acceptors (Lipinski definition) is 4. The summed E-state index contributed by atoms with van der Waals surface area (Å²) in [5.74, 6) is -2.15. The number of benzene rings is 1. The number of halogens is 4. The van der Waals surface area contributed by atoms with Crippen LogP contribution in [0.15, 0.2) is 36.5 Å². The largest absolute Gasteiger partial charge is 0.408 e. The van der Waals surface area contributed by atoms with Crippen molar-refractivity contribution in [2.45, 2.75) is 43.8 Å². The molecule has 0 bridgehead atoms. The van der Waals surface area contributed by atoms with Crippen LogP contribution in [0.2, 0.25) is 0 Å². The fourth-order valence-electron chi connectivity index (χ4n) is 4.25. The third kappa shape index (κ3) is 4.73. The summed E-state index contributed by atoms with van der Waals surface area (Å²) in [4.78, 5) is 35.3. The molecule has 170 valence electrons. The number of carbonyl (C=O) groups is 2. The lowest BCUT2D eigenvalue weighted by Gasteiger charge is -2.36. The van der Waals surface area contributed by atoms with E-state index in [1.807, 2.05) is 5.32 Å². The summed E-state index contributed by atoms with van der Waals surface area (Å²) in [5.41, 5.74) is 1.24. The van der Waals surface area contributed by atoms with Crippen molar-refractivity contribution in [3.05, 3.63) is 48.2 Å². The van der Waals surface area contributed by atoms with Crippen molar-refractivity contribution >= 4 is 11.8 Å². The lowest BCUT2D eigenvalue weighted by molar-refractivity contribution is -0.172. The molecular weight excluding hydrogens is 428 g/mol. The highest BCUT2D eigenvalue weighted by Crippen LogP contribution is 2.31. The van der Waals surface area contributed by atoms with Gasteiger partial charge in [0.2, 0.25) is 11.8 Å². The summed E-state index contributed by atoms with van der Waals surface area (Å²) in [6.45, 7) is 0.729. The maximum absolute atomic E-state index is 13.5. The molecule has 0 saturated carbocycles. The molecular formula is C22H22F4N4O2. The summed E-state index contributed by atoms with van der Waals surface area (Å²) in [6.07, 6.45) is -2.18. The van der Waals surface area contributed by atoms with Gasteiger partial charge in [-0.1, -0.05) is 12.1 Å². The molecule has 2 saturated heterocycles. The van der Waals surface area contributed by atoms with Crippen molar-refractivity contribution < 1.29 is 27.2 Å². The molecule has 0 radical (unpaired) electrons. The van der Waals surface area contributed by atoms with Crippen LogP contribution in [-0.4, -0.2) is 52.0 Å². The Balaban J connectivity index is 1.37. The van der Waals surface area contributed by atoms with Crippen LogP contribution in [0.25, 0.3) is 11.3 Å². The molecule has 2 aromatic rings.